The summed E-state index contributed by atoms with van der Waals surface area (Å²) in [6.07, 6.45) is 0. The zero-order valence-electron chi connectivity index (χ0n) is 18.8. The SMILES string of the molecule is [CH2]C(=O)Nc1c(Cl)c(=O)n(CC(C)C)c2nc(-c3ccc(Cl)cc3Cl)c(-c3ccc(Cl)cc3)cc12. The number of aromatic nitrogens is 2. The average molecular weight is 548 g/mol. The van der Waals surface area contributed by atoms with E-state index in [2.05, 4.69) is 12.2 Å². The van der Waals surface area contributed by atoms with Crippen LogP contribution in [0.5, 0.6) is 0 Å². The molecule has 35 heavy (non-hydrogen) atoms. The second-order valence-electron chi connectivity index (χ2n) is 8.43. The quantitative estimate of drug-likeness (QED) is 0.277. The van der Waals surface area contributed by atoms with E-state index < -0.39 is 11.5 Å². The Morgan fingerprint density at radius 1 is 1.00 bits per heavy atom. The van der Waals surface area contributed by atoms with Crippen molar-refractivity contribution in [2.75, 3.05) is 5.32 Å². The minimum absolute atomic E-state index is 0.115. The lowest BCUT2D eigenvalue weighted by atomic mass is 9.97. The normalized spacial score (nSPS) is 11.3. The van der Waals surface area contributed by atoms with Gasteiger partial charge in [-0.2, -0.15) is 0 Å². The maximum atomic E-state index is 13.2. The Morgan fingerprint density at radius 3 is 2.26 bits per heavy atom. The molecule has 1 radical (unpaired) electrons. The van der Waals surface area contributed by atoms with Crippen molar-refractivity contribution in [1.29, 1.82) is 0 Å². The van der Waals surface area contributed by atoms with Crippen molar-refractivity contribution >= 4 is 69.0 Å². The number of anilines is 1. The first-order chi connectivity index (χ1) is 16.6. The molecular weight excluding hydrogens is 528 g/mol. The van der Waals surface area contributed by atoms with Gasteiger partial charge in [0.25, 0.3) is 5.56 Å². The van der Waals surface area contributed by atoms with E-state index in [9.17, 15) is 9.59 Å². The number of carbonyl (C=O) groups is 1. The first kappa shape index (κ1) is 25.5. The Kier molecular flexibility index (Phi) is 7.43. The second kappa shape index (κ2) is 10.2. The van der Waals surface area contributed by atoms with Gasteiger partial charge in [-0.05, 0) is 47.9 Å². The molecule has 0 spiro atoms. The molecule has 0 fully saturated rings. The topological polar surface area (TPSA) is 64.0 Å². The molecule has 0 bridgehead atoms. The fraction of sp³-hybridized carbons (Fsp3) is 0.154. The highest BCUT2D eigenvalue weighted by Crippen LogP contribution is 2.40. The number of hydrogen-bond acceptors (Lipinski definition) is 3. The summed E-state index contributed by atoms with van der Waals surface area (Å²) in [6, 6.07) is 14.2. The van der Waals surface area contributed by atoms with E-state index in [-0.39, 0.29) is 16.6 Å². The van der Waals surface area contributed by atoms with Crippen LogP contribution in [0.4, 0.5) is 5.69 Å². The van der Waals surface area contributed by atoms with Crippen molar-refractivity contribution in [2.45, 2.75) is 20.4 Å². The summed E-state index contributed by atoms with van der Waals surface area (Å²) in [5.74, 6) is -0.479. The van der Waals surface area contributed by atoms with Gasteiger partial charge in [0.1, 0.15) is 10.7 Å². The number of amides is 1. The van der Waals surface area contributed by atoms with Gasteiger partial charge < -0.3 is 5.32 Å². The van der Waals surface area contributed by atoms with Crippen LogP contribution in [0, 0.1) is 12.8 Å². The first-order valence-electron chi connectivity index (χ1n) is 10.7. The van der Waals surface area contributed by atoms with Gasteiger partial charge in [0.15, 0.2) is 0 Å². The van der Waals surface area contributed by atoms with Crippen molar-refractivity contribution in [3.63, 3.8) is 0 Å². The molecule has 0 aliphatic heterocycles. The molecular formula is C26H20Cl4N3O2. The summed E-state index contributed by atoms with van der Waals surface area (Å²) in [5, 5.41) is 4.44. The lowest BCUT2D eigenvalue weighted by Gasteiger charge is -2.19. The van der Waals surface area contributed by atoms with Crippen molar-refractivity contribution in [1.82, 2.24) is 9.55 Å². The molecule has 0 aliphatic carbocycles. The van der Waals surface area contributed by atoms with E-state index in [0.29, 0.717) is 49.5 Å². The molecule has 0 saturated carbocycles. The van der Waals surface area contributed by atoms with E-state index in [0.717, 1.165) is 5.56 Å². The van der Waals surface area contributed by atoms with Crippen LogP contribution >= 0.6 is 46.4 Å². The van der Waals surface area contributed by atoms with Gasteiger partial charge in [-0.25, -0.2) is 4.98 Å². The van der Waals surface area contributed by atoms with Crippen molar-refractivity contribution in [2.24, 2.45) is 5.92 Å². The number of rotatable bonds is 5. The number of carbonyl (C=O) groups excluding carboxylic acids is 1. The fourth-order valence-electron chi connectivity index (χ4n) is 3.87. The third-order valence-electron chi connectivity index (χ3n) is 5.33. The maximum absolute atomic E-state index is 13.2. The number of pyridine rings is 2. The highest BCUT2D eigenvalue weighted by atomic mass is 35.5. The number of nitrogens with one attached hydrogen (secondary N) is 1. The lowest BCUT2D eigenvalue weighted by Crippen LogP contribution is -2.26. The second-order valence-corrected chi connectivity index (χ2v) is 10.1. The van der Waals surface area contributed by atoms with E-state index >= 15 is 0 Å². The molecule has 4 rings (SSSR count). The summed E-state index contributed by atoms with van der Waals surface area (Å²) in [5.41, 5.74) is 2.71. The largest absolute Gasteiger partial charge is 0.324 e. The van der Waals surface area contributed by atoms with Crippen LogP contribution in [0.3, 0.4) is 0 Å². The van der Waals surface area contributed by atoms with Crippen LogP contribution < -0.4 is 10.9 Å². The number of nitrogens with zero attached hydrogens (tertiary/aromatic N) is 2. The third kappa shape index (κ3) is 5.19. The molecule has 0 unspecified atom stereocenters. The molecule has 1 amide bonds. The first-order valence-corrected chi connectivity index (χ1v) is 12.2. The Labute approximate surface area is 222 Å². The van der Waals surface area contributed by atoms with E-state index in [1.165, 1.54) is 4.57 Å². The number of halogens is 4. The van der Waals surface area contributed by atoms with Crippen LogP contribution in [-0.4, -0.2) is 15.5 Å². The van der Waals surface area contributed by atoms with Gasteiger partial charge in [0.05, 0.1) is 16.4 Å². The highest BCUT2D eigenvalue weighted by molar-refractivity contribution is 6.37. The van der Waals surface area contributed by atoms with Gasteiger partial charge in [0.2, 0.25) is 5.91 Å². The minimum atomic E-state index is -0.605. The van der Waals surface area contributed by atoms with Gasteiger partial charge >= 0.3 is 0 Å². The summed E-state index contributed by atoms with van der Waals surface area (Å²) in [7, 11) is 0. The predicted octanol–water partition coefficient (Wildman–Crippen LogP) is 7.77. The van der Waals surface area contributed by atoms with Gasteiger partial charge in [0, 0.05) is 40.0 Å². The lowest BCUT2D eigenvalue weighted by molar-refractivity contribution is -0.112. The Bertz CT molecular complexity index is 1510. The van der Waals surface area contributed by atoms with Crippen molar-refractivity contribution in [3.8, 4) is 22.4 Å². The van der Waals surface area contributed by atoms with Crippen molar-refractivity contribution < 1.29 is 4.79 Å². The Morgan fingerprint density at radius 2 is 1.66 bits per heavy atom. The number of fused-ring (bicyclic) bond motifs is 1. The van der Waals surface area contributed by atoms with Crippen LogP contribution in [-0.2, 0) is 11.3 Å². The molecule has 5 nitrogen and oxygen atoms in total. The molecule has 0 atom stereocenters. The molecule has 4 aromatic rings. The summed E-state index contributed by atoms with van der Waals surface area (Å²) in [6.45, 7) is 7.71. The van der Waals surface area contributed by atoms with Crippen molar-refractivity contribution in [3.05, 3.63) is 85.9 Å². The van der Waals surface area contributed by atoms with Gasteiger partial charge in [-0.1, -0.05) is 72.4 Å². The summed E-state index contributed by atoms with van der Waals surface area (Å²) < 4.78 is 1.51. The van der Waals surface area contributed by atoms with Gasteiger partial charge in [-0.15, -0.1) is 0 Å². The minimum Gasteiger partial charge on any atom is -0.324 e. The van der Waals surface area contributed by atoms with Crippen LogP contribution in [0.2, 0.25) is 20.1 Å². The fourth-order valence-corrected chi connectivity index (χ4v) is 4.74. The summed E-state index contributed by atoms with van der Waals surface area (Å²) >= 11 is 25.3. The Balaban J connectivity index is 2.18. The van der Waals surface area contributed by atoms with Gasteiger partial charge in [-0.3, -0.25) is 14.2 Å². The molecule has 0 aliphatic rings. The molecule has 179 valence electrons. The smallest absolute Gasteiger partial charge is 0.273 e. The summed E-state index contributed by atoms with van der Waals surface area (Å²) in [4.78, 5) is 30.0. The zero-order valence-corrected chi connectivity index (χ0v) is 21.9. The van der Waals surface area contributed by atoms with Crippen LogP contribution in [0.15, 0.2) is 53.3 Å². The van der Waals surface area contributed by atoms with E-state index in [1.807, 2.05) is 32.0 Å². The maximum Gasteiger partial charge on any atom is 0.273 e. The third-order valence-corrected chi connectivity index (χ3v) is 6.48. The molecule has 2 aromatic carbocycles. The predicted molar refractivity (Wildman–Crippen MR) is 146 cm³/mol. The van der Waals surface area contributed by atoms with Crippen LogP contribution in [0.1, 0.15) is 13.8 Å². The number of benzene rings is 2. The number of hydrogen-bond donors (Lipinski definition) is 1. The van der Waals surface area contributed by atoms with E-state index in [4.69, 9.17) is 51.4 Å². The van der Waals surface area contributed by atoms with E-state index in [1.54, 1.807) is 30.3 Å². The zero-order chi connectivity index (χ0) is 25.4. The molecule has 2 aromatic heterocycles. The molecule has 1 N–H and O–H groups in total. The average Bonchev–Trinajstić information content (AvgIpc) is 2.79. The standard InChI is InChI=1S/C26H20Cl4N3O2/c1-13(2)12-33-25-20(24(31-14(3)34)22(30)26(33)35)11-19(15-4-6-16(27)7-5-15)23(32-25)18-9-8-17(28)10-21(18)29/h4-11,13H,3,12H2,1-2H3,(H,31,34). The molecule has 9 heteroatoms. The van der Waals surface area contributed by atoms with Crippen LogP contribution in [0.25, 0.3) is 33.4 Å². The molecule has 0 saturated heterocycles. The monoisotopic (exact) mass is 546 g/mol. The Hall–Kier alpha value is -2.57. The molecule has 2 heterocycles. The highest BCUT2D eigenvalue weighted by Gasteiger charge is 2.22.